The Bertz CT molecular complexity index is 567. The molecule has 0 bridgehead atoms. The van der Waals surface area contributed by atoms with Crippen molar-refractivity contribution in [2.75, 3.05) is 6.61 Å². The molecule has 1 rings (SSSR count). The molecule has 0 radical (unpaired) electrons. The molecule has 0 aliphatic heterocycles. The van der Waals surface area contributed by atoms with E-state index in [2.05, 4.69) is 25.7 Å². The molecule has 122 valence electrons. The Labute approximate surface area is 134 Å². The predicted molar refractivity (Wildman–Crippen MR) is 89.1 cm³/mol. The van der Waals surface area contributed by atoms with Crippen LogP contribution in [0.15, 0.2) is 22.8 Å². The van der Waals surface area contributed by atoms with Crippen LogP contribution in [0.5, 0.6) is 0 Å². The molecule has 1 aliphatic carbocycles. The van der Waals surface area contributed by atoms with Gasteiger partial charge in [-0.05, 0) is 49.0 Å². The van der Waals surface area contributed by atoms with Crippen molar-refractivity contribution in [3.63, 3.8) is 0 Å². The average molecular weight is 304 g/mol. The van der Waals surface area contributed by atoms with Gasteiger partial charge in [0.25, 0.3) is 0 Å². The second-order valence-electron chi connectivity index (χ2n) is 7.22. The van der Waals surface area contributed by atoms with Gasteiger partial charge in [-0.2, -0.15) is 0 Å². The van der Waals surface area contributed by atoms with Crippen LogP contribution < -0.4 is 0 Å². The summed E-state index contributed by atoms with van der Waals surface area (Å²) in [5, 5.41) is 20.1. The normalized spacial score (nSPS) is 25.3. The van der Waals surface area contributed by atoms with Crippen LogP contribution in [0, 0.1) is 23.2 Å². The lowest BCUT2D eigenvalue weighted by atomic mass is 9.62. The predicted octanol–water partition coefficient (Wildman–Crippen LogP) is 3.02. The second kappa shape index (κ2) is 6.81. The maximum Gasteiger partial charge on any atom is 0.159 e. The highest BCUT2D eigenvalue weighted by molar-refractivity contribution is 5.98. The lowest BCUT2D eigenvalue weighted by Crippen LogP contribution is -2.50. The Morgan fingerprint density at radius 1 is 1.41 bits per heavy atom. The average Bonchev–Trinajstić information content (AvgIpc) is 2.39. The van der Waals surface area contributed by atoms with Gasteiger partial charge in [0.15, 0.2) is 11.4 Å². The molecule has 0 aromatic heterocycles. The first-order chi connectivity index (χ1) is 10.0. The Balaban J connectivity index is 3.41. The zero-order valence-electron chi connectivity index (χ0n) is 14.6. The molecule has 1 unspecified atom stereocenters. The van der Waals surface area contributed by atoms with Crippen molar-refractivity contribution < 1.29 is 15.0 Å². The molecular formula is C19H28O3. The maximum absolute atomic E-state index is 12.4. The summed E-state index contributed by atoms with van der Waals surface area (Å²) < 4.78 is 0. The van der Waals surface area contributed by atoms with Gasteiger partial charge in [0.05, 0.1) is 6.61 Å². The molecule has 0 aromatic carbocycles. The molecule has 1 atom stereocenters. The molecule has 0 aromatic rings. The Kier molecular flexibility index (Phi) is 5.78. The zero-order chi connectivity index (χ0) is 17.1. The molecule has 1 aliphatic rings. The summed E-state index contributed by atoms with van der Waals surface area (Å²) in [7, 11) is 0. The lowest BCUT2D eigenvalue weighted by molar-refractivity contribution is -0.122. The number of carbonyl (C=O) groups is 1. The van der Waals surface area contributed by atoms with Gasteiger partial charge >= 0.3 is 0 Å². The molecule has 22 heavy (non-hydrogen) atoms. The van der Waals surface area contributed by atoms with Crippen LogP contribution in [-0.4, -0.2) is 28.2 Å². The van der Waals surface area contributed by atoms with E-state index in [0.29, 0.717) is 29.9 Å². The molecule has 3 nitrogen and oxygen atoms in total. The summed E-state index contributed by atoms with van der Waals surface area (Å²) in [6.07, 6.45) is 2.56. The standard InChI is InChI=1S/C19H28O3/c1-13(2)11-16-15(4)19(22,9-7-14(3)8-10-20)18(5,6)12-17(16)21/h8,13,20,22H,10-12H2,1-6H3/b14-8-. The fraction of sp³-hybridized carbons (Fsp3) is 0.632. The Morgan fingerprint density at radius 2 is 2.00 bits per heavy atom. The van der Waals surface area contributed by atoms with Crippen molar-refractivity contribution in [2.24, 2.45) is 11.3 Å². The van der Waals surface area contributed by atoms with E-state index in [1.165, 1.54) is 0 Å². The largest absolute Gasteiger partial charge is 0.392 e. The van der Waals surface area contributed by atoms with Crippen molar-refractivity contribution in [3.05, 3.63) is 22.8 Å². The van der Waals surface area contributed by atoms with Crippen molar-refractivity contribution in [3.8, 4) is 11.8 Å². The number of Topliss-reactive ketones (excluding diaryl/α,β-unsaturated/α-hetero) is 1. The first kappa shape index (κ1) is 18.7. The minimum Gasteiger partial charge on any atom is -0.392 e. The fourth-order valence-electron chi connectivity index (χ4n) is 2.89. The molecule has 3 heteroatoms. The zero-order valence-corrected chi connectivity index (χ0v) is 14.6. The molecule has 0 spiro atoms. The van der Waals surface area contributed by atoms with Gasteiger partial charge in [0.1, 0.15) is 0 Å². The number of aliphatic hydroxyl groups is 2. The minimum atomic E-state index is -1.32. The highest BCUT2D eigenvalue weighted by Gasteiger charge is 2.50. The van der Waals surface area contributed by atoms with E-state index in [1.54, 1.807) is 13.0 Å². The first-order valence-electron chi connectivity index (χ1n) is 7.81. The van der Waals surface area contributed by atoms with Gasteiger partial charge in [-0.3, -0.25) is 4.79 Å². The van der Waals surface area contributed by atoms with Crippen LogP contribution in [0.25, 0.3) is 0 Å². The quantitative estimate of drug-likeness (QED) is 0.788. The third kappa shape index (κ3) is 3.69. The van der Waals surface area contributed by atoms with E-state index < -0.39 is 11.0 Å². The van der Waals surface area contributed by atoms with Crippen LogP contribution in [0.2, 0.25) is 0 Å². The number of rotatable bonds is 3. The van der Waals surface area contributed by atoms with E-state index in [1.807, 2.05) is 20.8 Å². The van der Waals surface area contributed by atoms with Crippen LogP contribution in [0.3, 0.4) is 0 Å². The number of hydrogen-bond donors (Lipinski definition) is 2. The summed E-state index contributed by atoms with van der Waals surface area (Å²) >= 11 is 0. The van der Waals surface area contributed by atoms with Gasteiger partial charge < -0.3 is 10.2 Å². The molecule has 0 saturated carbocycles. The topological polar surface area (TPSA) is 57.5 Å². The summed E-state index contributed by atoms with van der Waals surface area (Å²) in [5.74, 6) is 6.35. The molecule has 0 saturated heterocycles. The Hall–Kier alpha value is -1.37. The van der Waals surface area contributed by atoms with Gasteiger partial charge in [-0.1, -0.05) is 39.5 Å². The third-order valence-electron chi connectivity index (χ3n) is 4.36. The van der Waals surface area contributed by atoms with E-state index in [4.69, 9.17) is 5.11 Å². The SMILES string of the molecule is CC1=C(CC(C)C)C(=O)CC(C)(C)C1(O)C#C/C(C)=C\CO. The van der Waals surface area contributed by atoms with Crippen LogP contribution in [0.4, 0.5) is 0 Å². The van der Waals surface area contributed by atoms with Gasteiger partial charge in [0.2, 0.25) is 0 Å². The molecule has 0 fully saturated rings. The van der Waals surface area contributed by atoms with Crippen LogP contribution in [0.1, 0.15) is 54.4 Å². The summed E-state index contributed by atoms with van der Waals surface area (Å²) in [6.45, 7) is 11.4. The van der Waals surface area contributed by atoms with Crippen molar-refractivity contribution in [1.29, 1.82) is 0 Å². The summed E-state index contributed by atoms with van der Waals surface area (Å²) in [5.41, 5.74) is 0.139. The minimum absolute atomic E-state index is 0.0752. The molecule has 0 amide bonds. The second-order valence-corrected chi connectivity index (χ2v) is 7.22. The van der Waals surface area contributed by atoms with E-state index in [-0.39, 0.29) is 12.4 Å². The maximum atomic E-state index is 12.4. The van der Waals surface area contributed by atoms with Crippen molar-refractivity contribution in [2.45, 2.75) is 60.0 Å². The number of carbonyl (C=O) groups excluding carboxylic acids is 1. The highest BCUT2D eigenvalue weighted by Crippen LogP contribution is 2.46. The van der Waals surface area contributed by atoms with E-state index >= 15 is 0 Å². The van der Waals surface area contributed by atoms with Gasteiger partial charge in [-0.25, -0.2) is 0 Å². The first-order valence-corrected chi connectivity index (χ1v) is 7.81. The van der Waals surface area contributed by atoms with Crippen molar-refractivity contribution >= 4 is 5.78 Å². The number of aliphatic hydroxyl groups excluding tert-OH is 1. The number of hydrogen-bond acceptors (Lipinski definition) is 3. The monoisotopic (exact) mass is 304 g/mol. The van der Waals surface area contributed by atoms with Crippen LogP contribution >= 0.6 is 0 Å². The van der Waals surface area contributed by atoms with Gasteiger partial charge in [-0.15, -0.1) is 0 Å². The summed E-state index contributed by atoms with van der Waals surface area (Å²) in [6, 6.07) is 0. The lowest BCUT2D eigenvalue weighted by Gasteiger charge is -2.44. The highest BCUT2D eigenvalue weighted by atomic mass is 16.3. The van der Waals surface area contributed by atoms with Crippen LogP contribution in [-0.2, 0) is 4.79 Å². The fourth-order valence-corrected chi connectivity index (χ4v) is 2.89. The van der Waals surface area contributed by atoms with E-state index in [0.717, 1.165) is 5.57 Å². The smallest absolute Gasteiger partial charge is 0.159 e. The van der Waals surface area contributed by atoms with Crippen molar-refractivity contribution in [1.82, 2.24) is 0 Å². The third-order valence-corrected chi connectivity index (χ3v) is 4.36. The van der Waals surface area contributed by atoms with Gasteiger partial charge in [0, 0.05) is 11.8 Å². The Morgan fingerprint density at radius 3 is 2.50 bits per heavy atom. The molecule has 2 N–H and O–H groups in total. The molecular weight excluding hydrogens is 276 g/mol. The molecule has 0 heterocycles. The summed E-state index contributed by atoms with van der Waals surface area (Å²) in [4.78, 5) is 12.4. The number of allylic oxidation sites excluding steroid dienone is 2. The van der Waals surface area contributed by atoms with E-state index in [9.17, 15) is 9.90 Å². The number of ketones is 1.